The minimum Gasteiger partial charge on any atom is -0.480 e. The summed E-state index contributed by atoms with van der Waals surface area (Å²) in [6, 6.07) is 6.69. The van der Waals surface area contributed by atoms with Gasteiger partial charge in [0.25, 0.3) is 0 Å². The predicted molar refractivity (Wildman–Crippen MR) is 78.9 cm³/mol. The molecule has 0 unspecified atom stereocenters. The minimum atomic E-state index is -0.978. The molecule has 0 aliphatic carbocycles. The molecule has 0 aromatic heterocycles. The zero-order valence-electron chi connectivity index (χ0n) is 9.83. The monoisotopic (exact) mass is 292 g/mol. The number of benzene rings is 1. The van der Waals surface area contributed by atoms with E-state index in [0.29, 0.717) is 13.0 Å². The average Bonchev–Trinajstić information content (AvgIpc) is 2.28. The van der Waals surface area contributed by atoms with Crippen molar-refractivity contribution in [3.05, 3.63) is 42.5 Å². The Balaban J connectivity index is 0. The molecule has 0 saturated carbocycles. The van der Waals surface area contributed by atoms with Crippen LogP contribution in [0.2, 0.25) is 0 Å². The normalized spacial score (nSPS) is 10.5. The molecule has 0 fully saturated rings. The van der Waals surface area contributed by atoms with Crippen LogP contribution in [-0.4, -0.2) is 23.7 Å². The van der Waals surface area contributed by atoms with Gasteiger partial charge >= 0.3 is 5.97 Å². The van der Waals surface area contributed by atoms with E-state index in [2.05, 4.69) is 11.9 Å². The lowest BCUT2D eigenvalue weighted by Crippen LogP contribution is -2.32. The summed E-state index contributed by atoms with van der Waals surface area (Å²) in [4.78, 5) is 10.6. The molecule has 0 heterocycles. The van der Waals surface area contributed by atoms with Crippen LogP contribution in [0, 0.1) is 0 Å². The highest BCUT2D eigenvalue weighted by atomic mass is 35.5. The summed E-state index contributed by atoms with van der Waals surface area (Å²) in [5.74, 6) is -0.978. The zero-order chi connectivity index (χ0) is 12.0. The summed E-state index contributed by atoms with van der Waals surface area (Å²) in [5.41, 5.74) is 7.33. The number of nitrogens with one attached hydrogen (secondary N) is 1. The molecule has 1 atom stereocenters. The van der Waals surface area contributed by atoms with Crippen molar-refractivity contribution in [1.29, 1.82) is 0 Å². The third-order valence-corrected chi connectivity index (χ3v) is 2.18. The maximum Gasteiger partial charge on any atom is 0.320 e. The lowest BCUT2D eigenvalue weighted by atomic mass is 10.1. The van der Waals surface area contributed by atoms with Crippen LogP contribution in [0.15, 0.2) is 36.9 Å². The van der Waals surface area contributed by atoms with Crippen LogP contribution in [-0.2, 0) is 11.2 Å². The Morgan fingerprint density at radius 1 is 1.39 bits per heavy atom. The number of aliphatic carboxylic acids is 1. The van der Waals surface area contributed by atoms with E-state index in [1.165, 1.54) is 0 Å². The molecule has 4 N–H and O–H groups in total. The number of carboxylic acid groups (broad SMARTS) is 1. The molecule has 4 nitrogen and oxygen atoms in total. The second-order valence-corrected chi connectivity index (χ2v) is 3.52. The van der Waals surface area contributed by atoms with E-state index in [1.54, 1.807) is 6.08 Å². The number of halogens is 2. The first kappa shape index (κ1) is 19.1. The minimum absolute atomic E-state index is 0. The summed E-state index contributed by atoms with van der Waals surface area (Å²) in [6.45, 7) is 4.31. The van der Waals surface area contributed by atoms with Crippen LogP contribution in [0.5, 0.6) is 0 Å². The highest BCUT2D eigenvalue weighted by molar-refractivity contribution is 5.85. The number of carboxylic acids is 1. The number of anilines is 1. The van der Waals surface area contributed by atoms with Gasteiger partial charge in [0.15, 0.2) is 0 Å². The molecule has 18 heavy (non-hydrogen) atoms. The first-order valence-corrected chi connectivity index (χ1v) is 5.05. The van der Waals surface area contributed by atoms with Gasteiger partial charge in [0.05, 0.1) is 0 Å². The number of carbonyl (C=O) groups is 1. The van der Waals surface area contributed by atoms with E-state index in [-0.39, 0.29) is 24.8 Å². The Hall–Kier alpha value is -1.23. The molecule has 1 aromatic carbocycles. The smallest absolute Gasteiger partial charge is 0.320 e. The van der Waals surface area contributed by atoms with Gasteiger partial charge in [0.1, 0.15) is 6.04 Å². The molecule has 0 aliphatic heterocycles. The topological polar surface area (TPSA) is 75.3 Å². The van der Waals surface area contributed by atoms with E-state index < -0.39 is 12.0 Å². The third kappa shape index (κ3) is 6.49. The van der Waals surface area contributed by atoms with E-state index in [4.69, 9.17) is 10.8 Å². The van der Waals surface area contributed by atoms with Crippen LogP contribution in [0.25, 0.3) is 0 Å². The second kappa shape index (κ2) is 9.76. The summed E-state index contributed by atoms with van der Waals surface area (Å²) in [6.07, 6.45) is 2.12. The summed E-state index contributed by atoms with van der Waals surface area (Å²) in [7, 11) is 0. The van der Waals surface area contributed by atoms with Crippen LogP contribution in [0.1, 0.15) is 5.56 Å². The molecule has 102 valence electrons. The molecule has 0 radical (unpaired) electrons. The quantitative estimate of drug-likeness (QED) is 0.702. The maximum atomic E-state index is 10.6. The SMILES string of the molecule is C=CCNc1ccc(C[C@H](N)C(=O)O)cc1.Cl.Cl. The standard InChI is InChI=1S/C12H16N2O2.2ClH/c1-2-7-14-10-5-3-9(4-6-10)8-11(13)12(15)16;;/h2-6,11,14H,1,7-8,13H2,(H,15,16);2*1H/t11-;;/m0../s1. The molecular weight excluding hydrogens is 275 g/mol. The van der Waals surface area contributed by atoms with Crippen molar-refractivity contribution in [2.45, 2.75) is 12.5 Å². The Labute approximate surface area is 119 Å². The Morgan fingerprint density at radius 3 is 2.39 bits per heavy atom. The van der Waals surface area contributed by atoms with Gasteiger partial charge in [-0.25, -0.2) is 0 Å². The van der Waals surface area contributed by atoms with E-state index in [1.807, 2.05) is 24.3 Å². The molecular formula is C12H18Cl2N2O2. The van der Waals surface area contributed by atoms with Crippen molar-refractivity contribution < 1.29 is 9.90 Å². The number of hydrogen-bond donors (Lipinski definition) is 3. The highest BCUT2D eigenvalue weighted by Gasteiger charge is 2.11. The number of rotatable bonds is 6. The van der Waals surface area contributed by atoms with Gasteiger partial charge < -0.3 is 16.2 Å². The van der Waals surface area contributed by atoms with Gasteiger partial charge in [0.2, 0.25) is 0 Å². The molecule has 0 saturated heterocycles. The van der Waals surface area contributed by atoms with E-state index in [9.17, 15) is 4.79 Å². The van der Waals surface area contributed by atoms with Crippen LogP contribution < -0.4 is 11.1 Å². The van der Waals surface area contributed by atoms with Gasteiger partial charge in [-0.1, -0.05) is 18.2 Å². The first-order chi connectivity index (χ1) is 7.63. The fourth-order valence-corrected chi connectivity index (χ4v) is 1.29. The second-order valence-electron chi connectivity index (χ2n) is 3.52. The Morgan fingerprint density at radius 2 is 1.94 bits per heavy atom. The third-order valence-electron chi connectivity index (χ3n) is 2.18. The van der Waals surface area contributed by atoms with Crippen molar-refractivity contribution in [3.8, 4) is 0 Å². The Kier molecular flexibility index (Phi) is 10.4. The van der Waals surface area contributed by atoms with Crippen molar-refractivity contribution in [2.75, 3.05) is 11.9 Å². The number of nitrogens with two attached hydrogens (primary N) is 1. The largest absolute Gasteiger partial charge is 0.480 e. The fourth-order valence-electron chi connectivity index (χ4n) is 1.29. The highest BCUT2D eigenvalue weighted by Crippen LogP contribution is 2.10. The van der Waals surface area contributed by atoms with E-state index in [0.717, 1.165) is 11.3 Å². The van der Waals surface area contributed by atoms with Crippen molar-refractivity contribution in [1.82, 2.24) is 0 Å². The van der Waals surface area contributed by atoms with E-state index >= 15 is 0 Å². The van der Waals surface area contributed by atoms with Gasteiger partial charge in [0, 0.05) is 12.2 Å². The van der Waals surface area contributed by atoms with Gasteiger partial charge in [-0.3, -0.25) is 4.79 Å². The van der Waals surface area contributed by atoms with Crippen molar-refractivity contribution in [2.24, 2.45) is 5.73 Å². The fraction of sp³-hybridized carbons (Fsp3) is 0.250. The van der Waals surface area contributed by atoms with Gasteiger partial charge in [-0.2, -0.15) is 0 Å². The zero-order valence-corrected chi connectivity index (χ0v) is 11.5. The first-order valence-electron chi connectivity index (χ1n) is 5.05. The van der Waals surface area contributed by atoms with Crippen molar-refractivity contribution >= 4 is 36.5 Å². The van der Waals surface area contributed by atoms with Crippen molar-refractivity contribution in [3.63, 3.8) is 0 Å². The summed E-state index contributed by atoms with van der Waals surface area (Å²) >= 11 is 0. The predicted octanol–water partition coefficient (Wildman–Crippen LogP) is 2.08. The van der Waals surface area contributed by atoms with Gasteiger partial charge in [-0.05, 0) is 24.1 Å². The summed E-state index contributed by atoms with van der Waals surface area (Å²) < 4.78 is 0. The van der Waals surface area contributed by atoms with Crippen LogP contribution in [0.3, 0.4) is 0 Å². The molecule has 0 amide bonds. The lowest BCUT2D eigenvalue weighted by Gasteiger charge is -2.08. The van der Waals surface area contributed by atoms with Crippen LogP contribution in [0.4, 0.5) is 5.69 Å². The molecule has 6 heteroatoms. The number of hydrogen-bond acceptors (Lipinski definition) is 3. The van der Waals surface area contributed by atoms with Crippen LogP contribution >= 0.6 is 24.8 Å². The molecule has 1 aromatic rings. The molecule has 0 spiro atoms. The van der Waals surface area contributed by atoms with Gasteiger partial charge in [-0.15, -0.1) is 31.4 Å². The molecule has 0 bridgehead atoms. The maximum absolute atomic E-state index is 10.6. The molecule has 1 rings (SSSR count). The summed E-state index contributed by atoms with van der Waals surface area (Å²) in [5, 5.41) is 11.8. The molecule has 0 aliphatic rings. The lowest BCUT2D eigenvalue weighted by molar-refractivity contribution is -0.138. The average molecular weight is 293 g/mol. The Bertz CT molecular complexity index is 369.